The Bertz CT molecular complexity index is 849. The highest BCUT2D eigenvalue weighted by Crippen LogP contribution is 2.26. The maximum atomic E-state index is 13.4. The first-order valence-corrected chi connectivity index (χ1v) is 12.5. The largest absolute Gasteiger partial charge is 0.497 e. The van der Waals surface area contributed by atoms with Gasteiger partial charge in [0.1, 0.15) is 5.75 Å². The number of methoxy groups -OCH3 is 1. The predicted octanol–water partition coefficient (Wildman–Crippen LogP) is 4.15. The maximum Gasteiger partial charge on any atom is 0.264 e. The molecule has 0 aliphatic carbocycles. The zero-order valence-electron chi connectivity index (χ0n) is 18.9. The minimum atomic E-state index is -3.82. The van der Waals surface area contributed by atoms with Gasteiger partial charge in [-0.05, 0) is 62.3 Å². The Morgan fingerprint density at radius 1 is 0.903 bits per heavy atom. The van der Waals surface area contributed by atoms with E-state index in [-0.39, 0.29) is 11.4 Å². The molecule has 6 nitrogen and oxygen atoms in total. The molecule has 0 aliphatic heterocycles. The van der Waals surface area contributed by atoms with Crippen LogP contribution in [0.5, 0.6) is 5.75 Å². The van der Waals surface area contributed by atoms with E-state index in [1.54, 1.807) is 61.7 Å². The van der Waals surface area contributed by atoms with Crippen LogP contribution in [0.25, 0.3) is 0 Å². The number of sulfonamides is 1. The first-order chi connectivity index (χ1) is 14.9. The lowest BCUT2D eigenvalue weighted by molar-refractivity contribution is 0.117. The molecule has 0 fully saturated rings. The van der Waals surface area contributed by atoms with Gasteiger partial charge in [-0.1, -0.05) is 44.9 Å². The fraction of sp³-hybridized carbons (Fsp3) is 0.500. The molecule has 0 spiro atoms. The molecule has 0 saturated heterocycles. The van der Waals surface area contributed by atoms with Crippen LogP contribution in [0.1, 0.15) is 39.5 Å². The molecule has 172 valence electrons. The van der Waals surface area contributed by atoms with Gasteiger partial charge < -0.3 is 14.7 Å². The highest BCUT2D eigenvalue weighted by molar-refractivity contribution is 7.92. The SMILES string of the molecule is CCCCN(CCCC)C[C@H](O)CN(c1ccc(OC)cc1)S(=O)(=O)c1ccccc1. The third-order valence-electron chi connectivity index (χ3n) is 5.19. The summed E-state index contributed by atoms with van der Waals surface area (Å²) in [5.41, 5.74) is 0.498. The summed E-state index contributed by atoms with van der Waals surface area (Å²) in [4.78, 5) is 2.44. The van der Waals surface area contributed by atoms with Gasteiger partial charge in [-0.15, -0.1) is 0 Å². The van der Waals surface area contributed by atoms with Crippen molar-refractivity contribution >= 4 is 15.7 Å². The van der Waals surface area contributed by atoms with E-state index >= 15 is 0 Å². The van der Waals surface area contributed by atoms with E-state index in [1.807, 2.05) is 0 Å². The van der Waals surface area contributed by atoms with Crippen LogP contribution in [0.15, 0.2) is 59.5 Å². The van der Waals surface area contributed by atoms with Crippen LogP contribution in [0.3, 0.4) is 0 Å². The lowest BCUT2D eigenvalue weighted by atomic mass is 10.2. The number of rotatable bonds is 14. The first kappa shape index (κ1) is 25.2. The van der Waals surface area contributed by atoms with E-state index in [9.17, 15) is 13.5 Å². The third-order valence-corrected chi connectivity index (χ3v) is 7.00. The third kappa shape index (κ3) is 7.52. The first-order valence-electron chi connectivity index (χ1n) is 11.0. The van der Waals surface area contributed by atoms with Crippen LogP contribution < -0.4 is 9.04 Å². The topological polar surface area (TPSA) is 70.1 Å². The second-order valence-electron chi connectivity index (χ2n) is 7.71. The number of nitrogens with zero attached hydrogens (tertiary/aromatic N) is 2. The van der Waals surface area contributed by atoms with Gasteiger partial charge in [0.15, 0.2) is 0 Å². The van der Waals surface area contributed by atoms with Gasteiger partial charge in [0.25, 0.3) is 10.0 Å². The van der Waals surface area contributed by atoms with E-state index in [0.29, 0.717) is 18.0 Å². The summed E-state index contributed by atoms with van der Waals surface area (Å²) in [5, 5.41) is 10.9. The maximum absolute atomic E-state index is 13.4. The van der Waals surface area contributed by atoms with Crippen molar-refractivity contribution < 1.29 is 18.3 Å². The number of aliphatic hydroxyl groups excluding tert-OH is 1. The van der Waals surface area contributed by atoms with Gasteiger partial charge in [0, 0.05) is 6.54 Å². The number of ether oxygens (including phenoxy) is 1. The molecule has 0 amide bonds. The van der Waals surface area contributed by atoms with Crippen molar-refractivity contribution in [3.63, 3.8) is 0 Å². The molecular weight excluding hydrogens is 412 g/mol. The lowest BCUT2D eigenvalue weighted by Gasteiger charge is -2.30. The van der Waals surface area contributed by atoms with Gasteiger partial charge in [-0.2, -0.15) is 0 Å². The molecule has 2 rings (SSSR count). The summed E-state index contributed by atoms with van der Waals surface area (Å²) in [6.45, 7) is 6.52. The molecule has 0 saturated carbocycles. The van der Waals surface area contributed by atoms with Crippen molar-refractivity contribution in [2.24, 2.45) is 0 Å². The Morgan fingerprint density at radius 2 is 1.48 bits per heavy atom. The Kier molecular flexibility index (Phi) is 10.3. The van der Waals surface area contributed by atoms with Crippen molar-refractivity contribution in [1.29, 1.82) is 0 Å². The van der Waals surface area contributed by atoms with E-state index in [2.05, 4.69) is 18.7 Å². The van der Waals surface area contributed by atoms with Crippen LogP contribution in [0.4, 0.5) is 5.69 Å². The second-order valence-corrected chi connectivity index (χ2v) is 9.57. The molecular formula is C24H36N2O4S. The quantitative estimate of drug-likeness (QED) is 0.470. The summed E-state index contributed by atoms with van der Waals surface area (Å²) in [6.07, 6.45) is 3.47. The Morgan fingerprint density at radius 3 is 2.00 bits per heavy atom. The van der Waals surface area contributed by atoms with E-state index < -0.39 is 16.1 Å². The number of unbranched alkanes of at least 4 members (excludes halogenated alkanes) is 2. The summed E-state index contributed by atoms with van der Waals surface area (Å²) in [6, 6.07) is 15.2. The van der Waals surface area contributed by atoms with Crippen LogP contribution >= 0.6 is 0 Å². The summed E-state index contributed by atoms with van der Waals surface area (Å²) in [5.74, 6) is 0.645. The molecule has 2 aromatic carbocycles. The Balaban J connectivity index is 2.27. The van der Waals surface area contributed by atoms with Gasteiger partial charge in [0.05, 0.1) is 30.3 Å². The van der Waals surface area contributed by atoms with E-state index in [1.165, 1.54) is 4.31 Å². The van der Waals surface area contributed by atoms with E-state index in [0.717, 1.165) is 38.8 Å². The number of anilines is 1. The van der Waals surface area contributed by atoms with Gasteiger partial charge in [0.2, 0.25) is 0 Å². The molecule has 7 heteroatoms. The lowest BCUT2D eigenvalue weighted by Crippen LogP contribution is -2.43. The van der Waals surface area contributed by atoms with Crippen LogP contribution in [-0.4, -0.2) is 57.8 Å². The summed E-state index contributed by atoms with van der Waals surface area (Å²) >= 11 is 0. The standard InChI is InChI=1S/C24H36N2O4S/c1-4-6-17-25(18-7-5-2)19-22(27)20-26(21-13-15-23(30-3)16-14-21)31(28,29)24-11-9-8-10-12-24/h8-16,22,27H,4-7,17-20H2,1-3H3/t22-/m0/s1. The number of aliphatic hydroxyl groups is 1. The highest BCUT2D eigenvalue weighted by Gasteiger charge is 2.27. The molecule has 1 N–H and O–H groups in total. The van der Waals surface area contributed by atoms with Crippen molar-refractivity contribution in [3.05, 3.63) is 54.6 Å². The number of benzene rings is 2. The molecule has 0 heterocycles. The number of hydrogen-bond donors (Lipinski definition) is 1. The summed E-state index contributed by atoms with van der Waals surface area (Å²) < 4.78 is 33.3. The average Bonchev–Trinajstić information content (AvgIpc) is 2.79. The predicted molar refractivity (Wildman–Crippen MR) is 126 cm³/mol. The van der Waals surface area contributed by atoms with Gasteiger partial charge in [-0.25, -0.2) is 8.42 Å². The smallest absolute Gasteiger partial charge is 0.264 e. The van der Waals surface area contributed by atoms with E-state index in [4.69, 9.17) is 4.74 Å². The van der Waals surface area contributed by atoms with Crippen LogP contribution in [-0.2, 0) is 10.0 Å². The van der Waals surface area contributed by atoms with Crippen molar-refractivity contribution in [3.8, 4) is 5.75 Å². The monoisotopic (exact) mass is 448 g/mol. The zero-order chi connectivity index (χ0) is 22.7. The fourth-order valence-electron chi connectivity index (χ4n) is 3.42. The Labute approximate surface area is 187 Å². The fourth-order valence-corrected chi connectivity index (χ4v) is 4.94. The van der Waals surface area contributed by atoms with Gasteiger partial charge in [-0.3, -0.25) is 4.31 Å². The van der Waals surface area contributed by atoms with Crippen molar-refractivity contribution in [1.82, 2.24) is 4.90 Å². The van der Waals surface area contributed by atoms with Crippen LogP contribution in [0.2, 0.25) is 0 Å². The molecule has 0 aliphatic rings. The molecule has 2 aromatic rings. The minimum absolute atomic E-state index is 0.0156. The Hall–Kier alpha value is -2.09. The summed E-state index contributed by atoms with van der Waals surface area (Å²) in [7, 11) is -2.26. The zero-order valence-corrected chi connectivity index (χ0v) is 19.7. The average molecular weight is 449 g/mol. The molecule has 1 atom stereocenters. The molecule has 0 radical (unpaired) electrons. The second kappa shape index (κ2) is 12.7. The molecule has 0 unspecified atom stereocenters. The van der Waals surface area contributed by atoms with Gasteiger partial charge >= 0.3 is 0 Å². The molecule has 0 bridgehead atoms. The molecule has 31 heavy (non-hydrogen) atoms. The van der Waals surface area contributed by atoms with Crippen molar-refractivity contribution in [2.45, 2.75) is 50.5 Å². The van der Waals surface area contributed by atoms with Crippen LogP contribution in [0, 0.1) is 0 Å². The highest BCUT2D eigenvalue weighted by atomic mass is 32.2. The normalized spacial score (nSPS) is 12.7. The molecule has 0 aromatic heterocycles. The van der Waals surface area contributed by atoms with Crippen molar-refractivity contribution in [2.75, 3.05) is 37.6 Å². The minimum Gasteiger partial charge on any atom is -0.497 e. The number of hydrogen-bond acceptors (Lipinski definition) is 5.